The summed E-state index contributed by atoms with van der Waals surface area (Å²) in [6.07, 6.45) is 9.46. The van der Waals surface area contributed by atoms with E-state index in [9.17, 15) is 57.3 Å². The Bertz CT molecular complexity index is 4250. The Morgan fingerprint density at radius 3 is 1.93 bits per heavy atom. The van der Waals surface area contributed by atoms with Crippen molar-refractivity contribution in [3.05, 3.63) is 119 Å². The van der Waals surface area contributed by atoms with Gasteiger partial charge in [0.25, 0.3) is 17.6 Å². The molecule has 5 heterocycles. The highest BCUT2D eigenvalue weighted by Gasteiger charge is 2.53. The third-order valence-electron chi connectivity index (χ3n) is 24.2. The lowest BCUT2D eigenvalue weighted by atomic mass is 9.80. The molecule has 1 aromatic heterocycles. The molecule has 5 aliphatic rings. The van der Waals surface area contributed by atoms with E-state index in [0.29, 0.717) is 185 Å². The number of ether oxygens (including phenoxy) is 15. The number of sulfone groups is 1. The first-order chi connectivity index (χ1) is 61.9. The maximum absolute atomic E-state index is 14.8. The van der Waals surface area contributed by atoms with Crippen LogP contribution in [0.4, 0.5) is 10.6 Å². The Morgan fingerprint density at radius 2 is 1.30 bits per heavy atom. The monoisotopic (exact) mass is 1830 g/mol. The molecule has 0 spiro atoms. The van der Waals surface area contributed by atoms with Crippen molar-refractivity contribution < 1.29 is 128 Å². The number of aliphatic hydroxyl groups is 3. The molecule has 4 amide bonds. The number of esters is 1. The number of hydrogen-bond donors (Lipinski definition) is 7. The average molecular weight is 1830 g/mol. The van der Waals surface area contributed by atoms with Gasteiger partial charge in [0.05, 0.1) is 147 Å². The molecule has 3 aromatic rings. The quantitative estimate of drug-likeness (QED) is 0.0125. The van der Waals surface area contributed by atoms with Gasteiger partial charge in [0, 0.05) is 113 Å². The van der Waals surface area contributed by atoms with Gasteiger partial charge in [0.1, 0.15) is 48.6 Å². The maximum atomic E-state index is 14.8. The number of hydrogen-bond acceptors (Lipinski definition) is 30. The van der Waals surface area contributed by atoms with Crippen molar-refractivity contribution in [1.29, 1.82) is 0 Å². The summed E-state index contributed by atoms with van der Waals surface area (Å²) in [6.45, 7) is 18.5. The van der Waals surface area contributed by atoms with Crippen molar-refractivity contribution >= 4 is 57.0 Å². The number of carbonyl (C=O) groups is 7. The van der Waals surface area contributed by atoms with Gasteiger partial charge in [-0.3, -0.25) is 24.0 Å². The molecule has 0 radical (unpaired) electrons. The number of pyridine rings is 1. The van der Waals surface area contributed by atoms with Gasteiger partial charge in [-0.15, -0.1) is 0 Å². The topological polar surface area (TPSA) is 448 Å². The number of carbonyl (C=O) groups excluding carboxylic acids is 7. The van der Waals surface area contributed by atoms with Crippen LogP contribution in [0.1, 0.15) is 146 Å². The van der Waals surface area contributed by atoms with Crippen LogP contribution in [0.3, 0.4) is 0 Å². The molecule has 129 heavy (non-hydrogen) atoms. The number of alkyl carbamates (subject to hydrolysis) is 1. The molecule has 9 N–H and O–H groups in total. The molecule has 4 aliphatic heterocycles. The van der Waals surface area contributed by atoms with E-state index >= 15 is 0 Å². The summed E-state index contributed by atoms with van der Waals surface area (Å²) in [5.74, 6) is -7.88. The van der Waals surface area contributed by atoms with Gasteiger partial charge in [0.15, 0.2) is 15.6 Å². The number of aryl methyl sites for hydroxylation is 1. The minimum atomic E-state index is -3.79. The second-order valence-corrected chi connectivity index (χ2v) is 36.1. The normalized spacial score (nSPS) is 26.7. The Kier molecular flexibility index (Phi) is 45.7. The van der Waals surface area contributed by atoms with E-state index < -0.39 is 124 Å². The summed E-state index contributed by atoms with van der Waals surface area (Å²) >= 11 is 0. The van der Waals surface area contributed by atoms with Gasteiger partial charge in [-0.05, 0) is 162 Å². The third kappa shape index (κ3) is 34.2. The molecule has 3 fully saturated rings. The zero-order valence-electron chi connectivity index (χ0n) is 76.8. The summed E-state index contributed by atoms with van der Waals surface area (Å²) in [5, 5.41) is 40.3. The van der Waals surface area contributed by atoms with Crippen molar-refractivity contribution in [3.63, 3.8) is 0 Å². The van der Waals surface area contributed by atoms with Crippen LogP contribution >= 0.6 is 0 Å². The van der Waals surface area contributed by atoms with Crippen LogP contribution in [0.5, 0.6) is 5.75 Å². The Balaban J connectivity index is 0.644. The van der Waals surface area contributed by atoms with Crippen LogP contribution in [-0.4, -0.2) is 312 Å². The molecule has 1 aliphatic carbocycles. The number of ketones is 2. The number of allylic oxidation sites excluding steroid dienone is 5. The van der Waals surface area contributed by atoms with E-state index in [1.54, 1.807) is 58.0 Å². The number of cyclic esters (lactones) is 1. The smallest absolute Gasteiger partial charge is 0.407 e. The molecule has 0 unspecified atom stereocenters. The fraction of sp³-hybridized carbons (Fsp3) is 0.660. The molecule has 8 rings (SSSR count). The van der Waals surface area contributed by atoms with Gasteiger partial charge in [-0.2, -0.15) is 0 Å². The molecule has 2 aromatic carbocycles. The van der Waals surface area contributed by atoms with Gasteiger partial charge in [0.2, 0.25) is 11.7 Å². The summed E-state index contributed by atoms with van der Waals surface area (Å²) in [5.41, 5.74) is 17.6. The first-order valence-electron chi connectivity index (χ1n) is 45.3. The molecule has 720 valence electrons. The molecule has 2 saturated heterocycles. The van der Waals surface area contributed by atoms with Crippen LogP contribution in [-0.2, 0) is 107 Å². The number of nitrogens with zero attached hydrogens (tertiary/aromatic N) is 3. The van der Waals surface area contributed by atoms with Crippen LogP contribution in [0.2, 0.25) is 0 Å². The highest BCUT2D eigenvalue weighted by Crippen LogP contribution is 2.39. The van der Waals surface area contributed by atoms with Gasteiger partial charge in [-0.1, -0.05) is 70.2 Å². The Labute approximate surface area is 759 Å². The van der Waals surface area contributed by atoms with Crippen molar-refractivity contribution in [2.45, 2.75) is 210 Å². The minimum Gasteiger partial charge on any atom is -0.491 e. The number of benzene rings is 2. The van der Waals surface area contributed by atoms with E-state index in [-0.39, 0.29) is 106 Å². The number of aliphatic hydroxyl groups excluding tert-OH is 2. The first-order valence-corrected chi connectivity index (χ1v) is 46.9. The highest BCUT2D eigenvalue weighted by molar-refractivity contribution is 7.91. The Hall–Kier alpha value is -8.05. The minimum absolute atomic E-state index is 0.0303. The molecule has 34 nitrogen and oxygen atoms in total. The summed E-state index contributed by atoms with van der Waals surface area (Å²) in [4.78, 5) is 104. The zero-order valence-corrected chi connectivity index (χ0v) is 77.6. The SMILES string of the molecule is CO[C@H]1C[C@@H]2CC[C@@H](C)[C@@](O)(O2)C(=O)C(=O)N2CCCC[C@H]2C(=O)O[C@H]([C@H](N)C[C@@H]2CC[C@@H](OC(=O)NCCOCCOCCOCCOCCOCCOCCOCCOCCC(=O)NCCS(=O)(=O)c3ccc(C(=O)N4CCOc5ccc(-c6ccc(N)nc6)cc5C4)c(C)c3)[C@H](OC)C2)C[C@@H](OC)[C@H](C)/C=C(\C)[C@@H](O)[C@@H](O)C(=O)[C@H](C)C[C@H](C)/C=C/C=CC=C1C. The largest absolute Gasteiger partial charge is 0.491 e. The van der Waals surface area contributed by atoms with E-state index in [2.05, 4.69) is 15.6 Å². The molecule has 16 atom stereocenters. The van der Waals surface area contributed by atoms with E-state index in [1.807, 2.05) is 75.4 Å². The van der Waals surface area contributed by atoms with Crippen LogP contribution in [0.15, 0.2) is 107 Å². The zero-order chi connectivity index (χ0) is 93.4. The third-order valence-corrected chi connectivity index (χ3v) is 25.9. The predicted molar refractivity (Wildman–Crippen MR) is 479 cm³/mol. The molecule has 2 bridgehead atoms. The fourth-order valence-corrected chi connectivity index (χ4v) is 17.8. The van der Waals surface area contributed by atoms with Crippen molar-refractivity contribution in [2.75, 3.05) is 171 Å². The summed E-state index contributed by atoms with van der Waals surface area (Å²) in [6, 6.07) is 11.8. The molecule has 35 heteroatoms. The number of amides is 4. The second kappa shape index (κ2) is 55.4. The number of nitrogens with two attached hydrogens (primary N) is 2. The maximum Gasteiger partial charge on any atom is 0.407 e. The van der Waals surface area contributed by atoms with Gasteiger partial charge < -0.3 is 118 Å². The van der Waals surface area contributed by atoms with Crippen LogP contribution < -0.4 is 26.8 Å². The van der Waals surface area contributed by atoms with E-state index in [1.165, 1.54) is 37.3 Å². The standard InChI is InChI=1S/C94H141N7O27S/c1-62-16-12-11-13-17-63(2)80(114-8)58-73-23-19-68(7)94(111,128-73)89(106)91(108)101-32-15-14-18-77(101)92(109)126-82(59-81(115-9)65(4)53-67(6)87(104)88(105)86(103)66(5)52-62)76(95)55-69-20-26-79(83(56-69)116-10)127-93(110)98-30-35-118-38-40-120-42-44-122-46-48-124-50-49-123-47-45-121-43-41-119-39-37-117-34-29-85(102)97-31-51-129(112,113)74-24-25-75(64(3)54-74)90(107)100-33-36-125-78-27-21-70(57-72(78)61-100)71-22-28-84(96)99-60-71/h11-13,16-17,21-22,24-25,27-28,53-54,57,60,62,65-66,68-69,73,76-77,79-83,87-88,104-105,111H,14-15,18-20,23,26,29-52,55-56,58-59,61,95H2,1-10H3,(H2,96,99)(H,97,102)(H,98,110)/b13-11?,16-12+,63-17?,67-53+/t62-,65-,66-,68-,69+,73+,76-,77+,79-,80+,81-,82+,83-,87-,88+,94-/m1/s1. The van der Waals surface area contributed by atoms with Crippen molar-refractivity contribution in [3.8, 4) is 16.9 Å². The van der Waals surface area contributed by atoms with Crippen molar-refractivity contribution in [1.82, 2.24) is 25.4 Å². The number of methoxy groups -OCH3 is 3. The molecule has 1 saturated carbocycles. The lowest BCUT2D eigenvalue weighted by Gasteiger charge is -2.43. The second-order valence-electron chi connectivity index (χ2n) is 33.9. The number of nitrogens with one attached hydrogen (secondary N) is 2. The summed E-state index contributed by atoms with van der Waals surface area (Å²) in [7, 11) is 0.799. The predicted octanol–water partition coefficient (Wildman–Crippen LogP) is 7.50. The number of piperidine rings is 1. The van der Waals surface area contributed by atoms with Gasteiger partial charge in [-0.25, -0.2) is 23.0 Å². The Morgan fingerprint density at radius 1 is 0.659 bits per heavy atom. The number of rotatable bonds is 40. The first kappa shape index (κ1) is 106. The molecular formula is C94H141N7O27S. The lowest BCUT2D eigenvalue weighted by molar-refractivity contribution is -0.265. The van der Waals surface area contributed by atoms with E-state index in [0.717, 1.165) is 22.3 Å². The van der Waals surface area contributed by atoms with Crippen molar-refractivity contribution in [2.24, 2.45) is 35.3 Å². The number of nitrogen functional groups attached to an aromatic ring is 1. The van der Waals surface area contributed by atoms with E-state index in [4.69, 9.17) is 82.5 Å². The fourth-order valence-electron chi connectivity index (χ4n) is 16.5. The highest BCUT2D eigenvalue weighted by atomic mass is 32.2. The number of anilines is 1. The van der Waals surface area contributed by atoms with Crippen LogP contribution in [0.25, 0.3) is 11.1 Å². The summed E-state index contributed by atoms with van der Waals surface area (Å²) < 4.78 is 114. The van der Waals surface area contributed by atoms with Crippen LogP contribution in [0, 0.1) is 36.5 Å². The molecular weight excluding hydrogens is 1690 g/mol. The average Bonchev–Trinajstić information content (AvgIpc) is 0.853. The number of aromatic nitrogens is 1. The number of fused-ring (bicyclic) bond motifs is 4. The number of Topliss-reactive ketones (excluding diaryl/α,β-unsaturated/α-hetero) is 2. The van der Waals surface area contributed by atoms with Gasteiger partial charge >= 0.3 is 12.1 Å². The lowest BCUT2D eigenvalue weighted by Crippen LogP contribution is -2.61.